The maximum absolute atomic E-state index is 5.71. The van der Waals surface area contributed by atoms with Crippen LogP contribution in [0.5, 0.6) is 0 Å². The first kappa shape index (κ1) is 10.8. The molecule has 0 atom stereocenters. The van der Waals surface area contributed by atoms with Gasteiger partial charge in [0.05, 0.1) is 5.69 Å². The zero-order chi connectivity index (χ0) is 10.7. The van der Waals surface area contributed by atoms with E-state index in [1.54, 1.807) is 28.9 Å². The summed E-state index contributed by atoms with van der Waals surface area (Å²) in [6, 6.07) is 9.82. The molecule has 2 rings (SSSR count). The summed E-state index contributed by atoms with van der Waals surface area (Å²) in [5.41, 5.74) is 6.68. The number of para-hydroxylation sites is 1. The third-order valence-corrected chi connectivity index (χ3v) is 3.79. The molecule has 0 saturated carbocycles. The largest absolute Gasteiger partial charge is 0.375 e. The first-order chi connectivity index (χ1) is 7.29. The molecule has 0 spiro atoms. The van der Waals surface area contributed by atoms with Crippen molar-refractivity contribution in [1.29, 1.82) is 0 Å². The van der Waals surface area contributed by atoms with E-state index in [1.807, 2.05) is 45.0 Å². The number of nitrogens with two attached hydrogens (primary N) is 1. The summed E-state index contributed by atoms with van der Waals surface area (Å²) in [5, 5.41) is 6.10. The molecule has 78 valence electrons. The van der Waals surface area contributed by atoms with Crippen molar-refractivity contribution in [2.45, 2.75) is 0 Å². The van der Waals surface area contributed by atoms with Crippen LogP contribution in [-0.4, -0.2) is 8.93 Å². The molecule has 0 amide bonds. The van der Waals surface area contributed by atoms with Crippen molar-refractivity contribution in [1.82, 2.24) is 3.82 Å². The van der Waals surface area contributed by atoms with Crippen molar-refractivity contribution < 1.29 is 0 Å². The lowest BCUT2D eigenvalue weighted by atomic mass is 10.3. The normalized spacial score (nSPS) is 15.5. The van der Waals surface area contributed by atoms with Crippen LogP contribution < -0.4 is 10.7 Å². The van der Waals surface area contributed by atoms with Crippen LogP contribution in [0.4, 0.5) is 5.69 Å². The van der Waals surface area contributed by atoms with Gasteiger partial charge in [0.25, 0.3) is 0 Å². The summed E-state index contributed by atoms with van der Waals surface area (Å²) in [4.78, 5) is 0. The molecular weight excluding hydrogens is 246 g/mol. The number of hydrogen-bond acceptors (Lipinski definition) is 4. The van der Waals surface area contributed by atoms with Crippen LogP contribution in [-0.2, 0) is 0 Å². The van der Waals surface area contributed by atoms with Crippen molar-refractivity contribution in [3.8, 4) is 0 Å². The minimum atomic E-state index is 0.338. The first-order valence-corrected chi connectivity index (χ1v) is 6.30. The van der Waals surface area contributed by atoms with E-state index in [0.29, 0.717) is 5.11 Å². The Morgan fingerprint density at radius 2 is 1.80 bits per heavy atom. The monoisotopic (exact) mass is 255 g/mol. The quantitative estimate of drug-likeness (QED) is 0.646. The second-order valence-electron chi connectivity index (χ2n) is 2.71. The highest BCUT2D eigenvalue weighted by Gasteiger charge is 2.21. The average molecular weight is 255 g/mol. The van der Waals surface area contributed by atoms with Gasteiger partial charge < -0.3 is 5.73 Å². The van der Waals surface area contributed by atoms with E-state index in [9.17, 15) is 0 Å². The molecular formula is C9H9N3S3. The molecule has 0 unspecified atom stereocenters. The Kier molecular flexibility index (Phi) is 3.53. The van der Waals surface area contributed by atoms with Gasteiger partial charge >= 0.3 is 0 Å². The third kappa shape index (κ3) is 2.46. The number of hydrazine groups is 1. The summed E-state index contributed by atoms with van der Waals surface area (Å²) in [6.45, 7) is 0. The van der Waals surface area contributed by atoms with Crippen LogP contribution in [0.1, 0.15) is 0 Å². The van der Waals surface area contributed by atoms with E-state index < -0.39 is 0 Å². The van der Waals surface area contributed by atoms with Gasteiger partial charge in [0.15, 0.2) is 5.11 Å². The molecule has 0 fully saturated rings. The van der Waals surface area contributed by atoms with Crippen molar-refractivity contribution >= 4 is 46.9 Å². The van der Waals surface area contributed by atoms with E-state index in [0.717, 1.165) is 5.69 Å². The lowest BCUT2D eigenvalue weighted by molar-refractivity contribution is 0.797. The molecule has 1 aliphatic heterocycles. The summed E-state index contributed by atoms with van der Waals surface area (Å²) in [6.07, 6.45) is 0. The molecule has 1 aromatic carbocycles. The lowest BCUT2D eigenvalue weighted by Gasteiger charge is -2.28. The summed E-state index contributed by atoms with van der Waals surface area (Å²) >= 11 is 8.14. The van der Waals surface area contributed by atoms with Crippen molar-refractivity contribution in [2.24, 2.45) is 5.73 Å². The smallest absolute Gasteiger partial charge is 0.187 e. The maximum Gasteiger partial charge on any atom is 0.187 e. The molecule has 1 heterocycles. The third-order valence-electron chi connectivity index (χ3n) is 1.73. The fourth-order valence-electron chi connectivity index (χ4n) is 1.14. The van der Waals surface area contributed by atoms with E-state index in [4.69, 9.17) is 18.0 Å². The van der Waals surface area contributed by atoms with Gasteiger partial charge in [0, 0.05) is 0 Å². The number of rotatable bonds is 2. The van der Waals surface area contributed by atoms with Crippen LogP contribution >= 0.6 is 36.1 Å². The van der Waals surface area contributed by atoms with Gasteiger partial charge in [-0.1, -0.05) is 22.0 Å². The number of hydrogen-bond donors (Lipinski definition) is 1. The second kappa shape index (κ2) is 4.89. The van der Waals surface area contributed by atoms with Gasteiger partial charge in [-0.2, -0.15) is 0 Å². The Balaban J connectivity index is 2.24. The Bertz CT molecular complexity index is 371. The first-order valence-electron chi connectivity index (χ1n) is 4.22. The van der Waals surface area contributed by atoms with Crippen LogP contribution in [0, 0.1) is 0 Å². The van der Waals surface area contributed by atoms with Crippen LogP contribution in [0.15, 0.2) is 41.1 Å². The molecule has 15 heavy (non-hydrogen) atoms. The summed E-state index contributed by atoms with van der Waals surface area (Å²) in [5.74, 6) is 0. The Morgan fingerprint density at radius 1 is 1.20 bits per heavy atom. The molecule has 1 aromatic rings. The zero-order valence-electron chi connectivity index (χ0n) is 7.74. The summed E-state index contributed by atoms with van der Waals surface area (Å²) in [7, 11) is 0. The predicted octanol–water partition coefficient (Wildman–Crippen LogP) is 2.73. The Labute approximate surface area is 103 Å². The van der Waals surface area contributed by atoms with Crippen LogP contribution in [0.25, 0.3) is 0 Å². The molecule has 0 radical (unpaired) electrons. The van der Waals surface area contributed by atoms with Crippen LogP contribution in [0.3, 0.4) is 0 Å². The number of nitrogens with zero attached hydrogens (tertiary/aromatic N) is 2. The minimum absolute atomic E-state index is 0.338. The predicted molar refractivity (Wildman–Crippen MR) is 71.9 cm³/mol. The highest BCUT2D eigenvalue weighted by Crippen LogP contribution is 2.35. The molecule has 0 saturated heterocycles. The van der Waals surface area contributed by atoms with E-state index >= 15 is 0 Å². The van der Waals surface area contributed by atoms with Crippen molar-refractivity contribution in [3.05, 3.63) is 41.1 Å². The molecule has 1 aliphatic rings. The van der Waals surface area contributed by atoms with Crippen molar-refractivity contribution in [3.63, 3.8) is 0 Å². The van der Waals surface area contributed by atoms with Gasteiger partial charge in [-0.05, 0) is 59.1 Å². The molecule has 2 N–H and O–H groups in total. The highest BCUT2D eigenvalue weighted by atomic mass is 32.2. The van der Waals surface area contributed by atoms with E-state index in [1.165, 1.54) is 0 Å². The standard InChI is InChI=1S/C9H9N3S3/c10-9(13)11(12-14-6-7-15-12)8-4-2-1-3-5-8/h1-7H,(H2,10,13). The fourth-order valence-corrected chi connectivity index (χ4v) is 3.09. The highest BCUT2D eigenvalue weighted by molar-refractivity contribution is 8.17. The Hall–Kier alpha value is -0.690. The number of thiocarbonyl (C=S) groups is 1. The molecule has 0 aliphatic carbocycles. The second-order valence-corrected chi connectivity index (χ2v) is 5.01. The number of anilines is 1. The van der Waals surface area contributed by atoms with E-state index in [2.05, 4.69) is 0 Å². The topological polar surface area (TPSA) is 32.5 Å². The zero-order valence-corrected chi connectivity index (χ0v) is 10.2. The lowest BCUT2D eigenvalue weighted by Crippen LogP contribution is -2.41. The molecule has 0 aromatic heterocycles. The van der Waals surface area contributed by atoms with Gasteiger partial charge in [-0.15, -0.1) is 0 Å². The van der Waals surface area contributed by atoms with Gasteiger partial charge in [-0.25, -0.2) is 5.01 Å². The average Bonchev–Trinajstić information content (AvgIpc) is 2.72. The Morgan fingerprint density at radius 3 is 2.33 bits per heavy atom. The molecule has 3 nitrogen and oxygen atoms in total. The van der Waals surface area contributed by atoms with Gasteiger partial charge in [-0.3, -0.25) is 0 Å². The molecule has 0 bridgehead atoms. The van der Waals surface area contributed by atoms with Crippen LogP contribution in [0.2, 0.25) is 0 Å². The maximum atomic E-state index is 5.71. The van der Waals surface area contributed by atoms with Gasteiger partial charge in [0.1, 0.15) is 0 Å². The van der Waals surface area contributed by atoms with Gasteiger partial charge in [0.2, 0.25) is 0 Å². The van der Waals surface area contributed by atoms with Crippen molar-refractivity contribution in [2.75, 3.05) is 5.01 Å². The number of benzene rings is 1. The molecule has 6 heteroatoms. The minimum Gasteiger partial charge on any atom is -0.375 e. The summed E-state index contributed by atoms with van der Waals surface area (Å²) < 4.78 is 1.93. The van der Waals surface area contributed by atoms with E-state index in [-0.39, 0.29) is 0 Å². The fraction of sp³-hybridized carbons (Fsp3) is 0. The SMILES string of the molecule is NC(=S)N(c1ccccc1)N1SC=CS1.